The summed E-state index contributed by atoms with van der Waals surface area (Å²) in [6, 6.07) is 1.84. The number of hydrogen-bond acceptors (Lipinski definition) is 6. The van der Waals surface area contributed by atoms with Gasteiger partial charge in [0, 0.05) is 19.9 Å². The van der Waals surface area contributed by atoms with Gasteiger partial charge in [0.1, 0.15) is 5.69 Å². The Morgan fingerprint density at radius 1 is 1.67 bits per heavy atom. The number of aromatic nitrogens is 2. The van der Waals surface area contributed by atoms with Gasteiger partial charge in [-0.25, -0.2) is 9.97 Å². The average Bonchev–Trinajstić information content (AvgIpc) is 2.83. The third kappa shape index (κ3) is 2.35. The lowest BCUT2D eigenvalue weighted by molar-refractivity contribution is 0.118. The Bertz CT molecular complexity index is 451. The Morgan fingerprint density at radius 3 is 3.06 bits per heavy atom. The Labute approximate surface area is 105 Å². The van der Waals surface area contributed by atoms with Crippen LogP contribution in [0.25, 0.3) is 0 Å². The normalized spacial score (nSPS) is 24.2. The van der Waals surface area contributed by atoms with E-state index in [4.69, 9.17) is 15.7 Å². The van der Waals surface area contributed by atoms with Gasteiger partial charge < -0.3 is 20.6 Å². The Hall–Kier alpha value is -1.89. The second-order valence-electron chi connectivity index (χ2n) is 4.27. The predicted octanol–water partition coefficient (Wildman–Crippen LogP) is 0.185. The van der Waals surface area contributed by atoms with E-state index in [-0.39, 0.29) is 18.0 Å². The highest BCUT2D eigenvalue weighted by atomic mass is 16.5. The van der Waals surface area contributed by atoms with Crippen LogP contribution in [0.2, 0.25) is 0 Å². The maximum absolute atomic E-state index is 8.64. The summed E-state index contributed by atoms with van der Waals surface area (Å²) in [7, 11) is 1.92. The summed E-state index contributed by atoms with van der Waals surface area (Å²) in [6.07, 6.45) is 2.67. The van der Waals surface area contributed by atoms with E-state index in [1.54, 1.807) is 12.3 Å². The molecule has 0 radical (unpaired) electrons. The number of anilines is 1. The van der Waals surface area contributed by atoms with Crippen molar-refractivity contribution in [3.8, 4) is 0 Å². The van der Waals surface area contributed by atoms with Crippen LogP contribution in [0.5, 0.6) is 0 Å². The van der Waals surface area contributed by atoms with Crippen molar-refractivity contribution in [1.29, 1.82) is 0 Å². The van der Waals surface area contributed by atoms with Gasteiger partial charge in [-0.15, -0.1) is 0 Å². The third-order valence-corrected chi connectivity index (χ3v) is 3.16. The molecule has 3 N–H and O–H groups in total. The molecule has 1 aliphatic rings. The molecule has 1 saturated heterocycles. The van der Waals surface area contributed by atoms with Gasteiger partial charge in [-0.1, -0.05) is 5.16 Å². The zero-order valence-electron chi connectivity index (χ0n) is 10.4. The first-order valence-corrected chi connectivity index (χ1v) is 5.79. The van der Waals surface area contributed by atoms with E-state index in [2.05, 4.69) is 15.1 Å². The van der Waals surface area contributed by atoms with Crippen LogP contribution < -0.4 is 10.6 Å². The van der Waals surface area contributed by atoms with E-state index in [1.807, 2.05) is 18.9 Å². The monoisotopic (exact) mass is 251 g/mol. The molecule has 0 spiro atoms. The van der Waals surface area contributed by atoms with Crippen LogP contribution in [0.4, 0.5) is 5.95 Å². The zero-order chi connectivity index (χ0) is 13.1. The van der Waals surface area contributed by atoms with Crippen LogP contribution >= 0.6 is 0 Å². The molecule has 2 atom stereocenters. The molecule has 1 aromatic rings. The summed E-state index contributed by atoms with van der Waals surface area (Å²) in [5.41, 5.74) is 5.91. The van der Waals surface area contributed by atoms with Crippen molar-refractivity contribution in [2.24, 2.45) is 10.9 Å². The lowest BCUT2D eigenvalue weighted by Crippen LogP contribution is -2.38. The van der Waals surface area contributed by atoms with Gasteiger partial charge >= 0.3 is 0 Å². The highest BCUT2D eigenvalue weighted by Crippen LogP contribution is 2.21. The van der Waals surface area contributed by atoms with Crippen LogP contribution in [0.3, 0.4) is 0 Å². The second-order valence-corrected chi connectivity index (χ2v) is 4.27. The van der Waals surface area contributed by atoms with Crippen molar-refractivity contribution in [3.63, 3.8) is 0 Å². The molecule has 1 aliphatic heterocycles. The molecule has 98 valence electrons. The van der Waals surface area contributed by atoms with Gasteiger partial charge in [0.25, 0.3) is 0 Å². The van der Waals surface area contributed by atoms with E-state index >= 15 is 0 Å². The molecule has 0 saturated carbocycles. The number of amidine groups is 1. The minimum atomic E-state index is -0.0252. The number of oxime groups is 1. The third-order valence-electron chi connectivity index (χ3n) is 3.16. The first kappa shape index (κ1) is 12.6. The summed E-state index contributed by atoms with van der Waals surface area (Å²) in [4.78, 5) is 10.4. The highest BCUT2D eigenvalue weighted by molar-refractivity contribution is 5.95. The highest BCUT2D eigenvalue weighted by Gasteiger charge is 2.29. The molecule has 2 rings (SSSR count). The average molecular weight is 251 g/mol. The summed E-state index contributed by atoms with van der Waals surface area (Å²) in [5.74, 6) is 0.518. The molecule has 2 heterocycles. The molecule has 1 aromatic heterocycles. The largest absolute Gasteiger partial charge is 0.409 e. The molecule has 18 heavy (non-hydrogen) atoms. The van der Waals surface area contributed by atoms with Crippen molar-refractivity contribution in [3.05, 3.63) is 18.0 Å². The first-order valence-electron chi connectivity index (χ1n) is 5.79. The van der Waals surface area contributed by atoms with Crippen molar-refractivity contribution < 1.29 is 9.94 Å². The predicted molar refractivity (Wildman–Crippen MR) is 66.8 cm³/mol. The molecule has 0 amide bonds. The standard InChI is InChI=1S/C11H17N5O2/c1-7-9(4-6-18-7)16(2)11-13-5-3-8(14-11)10(12)15-17/h3,5,7,9,17H,4,6H2,1-2H3,(H2,12,15). The van der Waals surface area contributed by atoms with Crippen LogP contribution in [0.1, 0.15) is 19.0 Å². The van der Waals surface area contributed by atoms with E-state index < -0.39 is 0 Å². The Kier molecular flexibility index (Phi) is 3.61. The van der Waals surface area contributed by atoms with Gasteiger partial charge in [0.15, 0.2) is 5.84 Å². The van der Waals surface area contributed by atoms with Gasteiger partial charge in [-0.05, 0) is 19.4 Å². The van der Waals surface area contributed by atoms with Crippen LogP contribution in [0.15, 0.2) is 17.4 Å². The maximum atomic E-state index is 8.64. The molecular weight excluding hydrogens is 234 g/mol. The number of nitrogens with two attached hydrogens (primary N) is 1. The smallest absolute Gasteiger partial charge is 0.226 e. The fraction of sp³-hybridized carbons (Fsp3) is 0.545. The Morgan fingerprint density at radius 2 is 2.44 bits per heavy atom. The molecule has 7 heteroatoms. The van der Waals surface area contributed by atoms with Crippen molar-refractivity contribution in [2.45, 2.75) is 25.5 Å². The first-order chi connectivity index (χ1) is 8.63. The van der Waals surface area contributed by atoms with Crippen molar-refractivity contribution in [2.75, 3.05) is 18.6 Å². The SMILES string of the molecule is CC1OCCC1N(C)c1nccc(/C(N)=N/O)n1. The van der Waals surface area contributed by atoms with Crippen molar-refractivity contribution >= 4 is 11.8 Å². The summed E-state index contributed by atoms with van der Waals surface area (Å²) in [6.45, 7) is 2.78. The van der Waals surface area contributed by atoms with E-state index in [0.29, 0.717) is 11.6 Å². The van der Waals surface area contributed by atoms with Gasteiger partial charge in [0.2, 0.25) is 5.95 Å². The quantitative estimate of drug-likeness (QED) is 0.344. The molecule has 0 aliphatic carbocycles. The molecule has 0 aromatic carbocycles. The molecule has 1 fully saturated rings. The number of ether oxygens (including phenoxy) is 1. The number of likely N-dealkylation sites (N-methyl/N-ethyl adjacent to an activating group) is 1. The summed E-state index contributed by atoms with van der Waals surface area (Å²) in [5, 5.41) is 11.6. The van der Waals surface area contributed by atoms with E-state index in [9.17, 15) is 0 Å². The minimum Gasteiger partial charge on any atom is -0.409 e. The molecular formula is C11H17N5O2. The van der Waals surface area contributed by atoms with Gasteiger partial charge in [0.05, 0.1) is 12.1 Å². The van der Waals surface area contributed by atoms with E-state index in [1.165, 1.54) is 0 Å². The number of nitrogens with zero attached hydrogens (tertiary/aromatic N) is 4. The lowest BCUT2D eigenvalue weighted by atomic mass is 10.1. The van der Waals surface area contributed by atoms with Crippen LogP contribution in [0, 0.1) is 0 Å². The lowest BCUT2D eigenvalue weighted by Gasteiger charge is -2.26. The zero-order valence-corrected chi connectivity index (χ0v) is 10.4. The number of rotatable bonds is 3. The van der Waals surface area contributed by atoms with Crippen molar-refractivity contribution in [1.82, 2.24) is 9.97 Å². The van der Waals surface area contributed by atoms with Gasteiger partial charge in [-0.2, -0.15) is 0 Å². The summed E-state index contributed by atoms with van der Waals surface area (Å²) < 4.78 is 5.52. The number of hydrogen-bond donors (Lipinski definition) is 2. The minimum absolute atomic E-state index is 0.0252. The topological polar surface area (TPSA) is 96.9 Å². The Balaban J connectivity index is 2.22. The molecule has 7 nitrogen and oxygen atoms in total. The van der Waals surface area contributed by atoms with Crippen LogP contribution in [-0.4, -0.2) is 46.8 Å². The van der Waals surface area contributed by atoms with Gasteiger partial charge in [-0.3, -0.25) is 0 Å². The molecule has 0 bridgehead atoms. The summed E-state index contributed by atoms with van der Waals surface area (Å²) >= 11 is 0. The second kappa shape index (κ2) is 5.18. The maximum Gasteiger partial charge on any atom is 0.226 e. The van der Waals surface area contributed by atoms with E-state index in [0.717, 1.165) is 13.0 Å². The molecule has 2 unspecified atom stereocenters. The fourth-order valence-corrected chi connectivity index (χ4v) is 2.09. The van der Waals surface area contributed by atoms with Crippen LogP contribution in [-0.2, 0) is 4.74 Å². The fourth-order valence-electron chi connectivity index (χ4n) is 2.09.